The number of phenolic OH excluding ortho intramolecular Hbond substituents is 1. The summed E-state index contributed by atoms with van der Waals surface area (Å²) in [6.45, 7) is 0.466. The lowest BCUT2D eigenvalue weighted by atomic mass is 10.1. The van der Waals surface area contributed by atoms with Crippen molar-refractivity contribution in [1.82, 2.24) is 5.43 Å². The molecule has 0 unspecified atom stereocenters. The molecule has 0 saturated heterocycles. The Morgan fingerprint density at radius 3 is 2.62 bits per heavy atom. The van der Waals surface area contributed by atoms with Gasteiger partial charge in [-0.2, -0.15) is 5.10 Å². The molecule has 29 heavy (non-hydrogen) atoms. The van der Waals surface area contributed by atoms with E-state index in [2.05, 4.69) is 10.5 Å². The van der Waals surface area contributed by atoms with Crippen molar-refractivity contribution in [3.63, 3.8) is 0 Å². The maximum absolute atomic E-state index is 12.1. The number of benzene rings is 3. The summed E-state index contributed by atoms with van der Waals surface area (Å²) in [5, 5.41) is 13.5. The molecule has 3 aromatic carbocycles. The molecule has 5 nitrogen and oxygen atoms in total. The number of carbonyl (C=O) groups is 1. The van der Waals surface area contributed by atoms with Crippen LogP contribution in [0.5, 0.6) is 11.5 Å². The number of aromatic hydroxyl groups is 1. The molecule has 0 aromatic heterocycles. The SMILES string of the molecule is O=C(NN=Cc1cccc(C=CCOc2ccccc2)c1)c1ccc(O)c(Cl)c1. The van der Waals surface area contributed by atoms with E-state index in [4.69, 9.17) is 16.3 Å². The van der Waals surface area contributed by atoms with E-state index in [1.54, 1.807) is 6.21 Å². The van der Waals surface area contributed by atoms with E-state index in [0.29, 0.717) is 12.2 Å². The highest BCUT2D eigenvalue weighted by molar-refractivity contribution is 6.32. The lowest BCUT2D eigenvalue weighted by Crippen LogP contribution is -2.17. The van der Waals surface area contributed by atoms with E-state index < -0.39 is 5.91 Å². The van der Waals surface area contributed by atoms with Gasteiger partial charge in [0.1, 0.15) is 18.1 Å². The summed E-state index contributed by atoms with van der Waals surface area (Å²) in [4.78, 5) is 12.1. The van der Waals surface area contributed by atoms with E-state index in [-0.39, 0.29) is 10.8 Å². The smallest absolute Gasteiger partial charge is 0.271 e. The number of halogens is 1. The van der Waals surface area contributed by atoms with Crippen LogP contribution in [0.2, 0.25) is 5.02 Å². The molecule has 0 saturated carbocycles. The van der Waals surface area contributed by atoms with Crippen molar-refractivity contribution in [3.8, 4) is 11.5 Å². The standard InChI is InChI=1S/C23H19ClN2O3/c24-21-15-19(11-12-22(21)27)23(28)26-25-16-18-7-4-6-17(14-18)8-5-13-29-20-9-2-1-3-10-20/h1-12,14-16,27H,13H2,(H,26,28). The first kappa shape index (κ1) is 20.2. The molecule has 0 radical (unpaired) electrons. The van der Waals surface area contributed by atoms with Crippen LogP contribution in [-0.2, 0) is 0 Å². The van der Waals surface area contributed by atoms with Crippen LogP contribution in [0.3, 0.4) is 0 Å². The Morgan fingerprint density at radius 1 is 1.03 bits per heavy atom. The average Bonchev–Trinajstić information content (AvgIpc) is 2.74. The van der Waals surface area contributed by atoms with Gasteiger partial charge in [-0.25, -0.2) is 5.43 Å². The number of hydrazone groups is 1. The highest BCUT2D eigenvalue weighted by atomic mass is 35.5. The minimum atomic E-state index is -0.419. The Hall–Kier alpha value is -3.57. The summed E-state index contributed by atoms with van der Waals surface area (Å²) >= 11 is 5.81. The fourth-order valence-corrected chi connectivity index (χ4v) is 2.65. The molecule has 146 valence electrons. The lowest BCUT2D eigenvalue weighted by molar-refractivity contribution is 0.0955. The number of nitrogens with one attached hydrogen (secondary N) is 1. The van der Waals surface area contributed by atoms with Gasteiger partial charge in [-0.1, -0.05) is 54.1 Å². The van der Waals surface area contributed by atoms with Gasteiger partial charge >= 0.3 is 0 Å². The van der Waals surface area contributed by atoms with Crippen LogP contribution in [0.15, 0.2) is 84.0 Å². The summed E-state index contributed by atoms with van der Waals surface area (Å²) < 4.78 is 5.62. The minimum absolute atomic E-state index is 0.0780. The molecule has 0 aliphatic rings. The molecule has 0 fully saturated rings. The Bertz CT molecular complexity index is 1030. The van der Waals surface area contributed by atoms with Gasteiger partial charge in [0.25, 0.3) is 5.91 Å². The summed E-state index contributed by atoms with van der Waals surface area (Å²) in [6, 6.07) is 21.5. The number of carbonyl (C=O) groups excluding carboxylic acids is 1. The third-order valence-electron chi connectivity index (χ3n) is 3.90. The van der Waals surface area contributed by atoms with Gasteiger partial charge in [0.05, 0.1) is 11.2 Å². The van der Waals surface area contributed by atoms with Crippen LogP contribution >= 0.6 is 11.6 Å². The molecule has 0 heterocycles. The number of rotatable bonds is 7. The predicted octanol–water partition coefficient (Wildman–Crippen LogP) is 4.90. The normalized spacial score (nSPS) is 11.1. The zero-order valence-electron chi connectivity index (χ0n) is 15.5. The topological polar surface area (TPSA) is 70.9 Å². The Labute approximate surface area is 173 Å². The van der Waals surface area contributed by atoms with Crippen LogP contribution in [0, 0.1) is 0 Å². The van der Waals surface area contributed by atoms with Crippen molar-refractivity contribution < 1.29 is 14.6 Å². The van der Waals surface area contributed by atoms with Crippen molar-refractivity contribution in [2.24, 2.45) is 5.10 Å². The molecule has 3 rings (SSSR count). The van der Waals surface area contributed by atoms with Gasteiger partial charge in [-0.15, -0.1) is 0 Å². The highest BCUT2D eigenvalue weighted by Gasteiger charge is 2.07. The number of hydrogen-bond donors (Lipinski definition) is 2. The van der Waals surface area contributed by atoms with Crippen LogP contribution < -0.4 is 10.2 Å². The summed E-state index contributed by atoms with van der Waals surface area (Å²) in [6.07, 6.45) is 5.44. The average molecular weight is 407 g/mol. The molecule has 0 aliphatic heterocycles. The minimum Gasteiger partial charge on any atom is -0.506 e. The predicted molar refractivity (Wildman–Crippen MR) is 116 cm³/mol. The molecule has 0 spiro atoms. The molecular weight excluding hydrogens is 388 g/mol. The maximum atomic E-state index is 12.1. The number of ether oxygens (including phenoxy) is 1. The number of phenols is 1. The van der Waals surface area contributed by atoms with Gasteiger partial charge in [0, 0.05) is 5.56 Å². The third-order valence-corrected chi connectivity index (χ3v) is 4.20. The molecule has 2 N–H and O–H groups in total. The van der Waals surface area contributed by atoms with E-state index >= 15 is 0 Å². The van der Waals surface area contributed by atoms with E-state index in [0.717, 1.165) is 16.9 Å². The van der Waals surface area contributed by atoms with Crippen molar-refractivity contribution >= 4 is 29.8 Å². The van der Waals surface area contributed by atoms with Crippen molar-refractivity contribution in [2.45, 2.75) is 0 Å². The summed E-state index contributed by atoms with van der Waals surface area (Å²) in [7, 11) is 0. The quantitative estimate of drug-likeness (QED) is 0.433. The van der Waals surface area contributed by atoms with Crippen molar-refractivity contribution in [1.29, 1.82) is 0 Å². The van der Waals surface area contributed by atoms with E-state index in [1.807, 2.05) is 66.7 Å². The van der Waals surface area contributed by atoms with E-state index in [1.165, 1.54) is 18.2 Å². The van der Waals surface area contributed by atoms with Crippen LogP contribution in [-0.4, -0.2) is 23.8 Å². The van der Waals surface area contributed by atoms with Crippen LogP contribution in [0.25, 0.3) is 6.08 Å². The van der Waals surface area contributed by atoms with E-state index in [9.17, 15) is 9.90 Å². The third kappa shape index (κ3) is 6.23. The Kier molecular flexibility index (Phi) is 7.03. The van der Waals surface area contributed by atoms with Crippen LogP contribution in [0.1, 0.15) is 21.5 Å². The van der Waals surface area contributed by atoms with Gasteiger partial charge in [-0.3, -0.25) is 4.79 Å². The fourth-order valence-electron chi connectivity index (χ4n) is 2.47. The summed E-state index contributed by atoms with van der Waals surface area (Å²) in [5.74, 6) is 0.326. The second kappa shape index (κ2) is 10.1. The molecule has 0 bridgehead atoms. The molecular formula is C23H19ClN2O3. The highest BCUT2D eigenvalue weighted by Crippen LogP contribution is 2.23. The fraction of sp³-hybridized carbons (Fsp3) is 0.0435. The second-order valence-electron chi connectivity index (χ2n) is 6.06. The van der Waals surface area contributed by atoms with Crippen molar-refractivity contribution in [3.05, 3.63) is 101 Å². The first-order valence-corrected chi connectivity index (χ1v) is 9.26. The zero-order valence-corrected chi connectivity index (χ0v) is 16.2. The first-order chi connectivity index (χ1) is 14.1. The van der Waals surface area contributed by atoms with Crippen LogP contribution in [0.4, 0.5) is 0 Å². The van der Waals surface area contributed by atoms with Gasteiger partial charge in [0.15, 0.2) is 0 Å². The zero-order chi connectivity index (χ0) is 20.5. The Balaban J connectivity index is 1.54. The Morgan fingerprint density at radius 2 is 1.83 bits per heavy atom. The number of nitrogens with zero attached hydrogens (tertiary/aromatic N) is 1. The number of amides is 1. The first-order valence-electron chi connectivity index (χ1n) is 8.88. The van der Waals surface area contributed by atoms with Gasteiger partial charge < -0.3 is 9.84 Å². The summed E-state index contributed by atoms with van der Waals surface area (Å²) in [5.41, 5.74) is 4.56. The molecule has 1 amide bonds. The number of hydrogen-bond acceptors (Lipinski definition) is 4. The van der Waals surface area contributed by atoms with Gasteiger partial charge in [0.2, 0.25) is 0 Å². The largest absolute Gasteiger partial charge is 0.506 e. The maximum Gasteiger partial charge on any atom is 0.271 e. The second-order valence-corrected chi connectivity index (χ2v) is 6.47. The lowest BCUT2D eigenvalue weighted by Gasteiger charge is -2.02. The van der Waals surface area contributed by atoms with Crippen molar-refractivity contribution in [2.75, 3.05) is 6.61 Å². The van der Waals surface area contributed by atoms with Gasteiger partial charge in [-0.05, 0) is 53.6 Å². The monoisotopic (exact) mass is 406 g/mol. The number of para-hydroxylation sites is 1. The molecule has 6 heteroatoms. The molecule has 0 aliphatic carbocycles. The molecule has 0 atom stereocenters. The molecule has 3 aromatic rings.